The standard InChI is InChI=1S/C25H30F3N5O4/c26-25(27,28)37-21-13-7-17(8-14-21)30-24(34)31-23-6-2-1-5-22(23)29-18-4-3-15-32(16-18)19-9-11-20(12-10-19)33(35)36/h7-14,18,22-23,29H,1-6,15-16H2,(H2,30,31,34)/t18-,22+,23+/m0/s1. The summed E-state index contributed by atoms with van der Waals surface area (Å²) in [5, 5.41) is 20.3. The predicted molar refractivity (Wildman–Crippen MR) is 133 cm³/mol. The Morgan fingerprint density at radius 3 is 2.30 bits per heavy atom. The lowest BCUT2D eigenvalue weighted by Gasteiger charge is -2.40. The number of hydrogen-bond acceptors (Lipinski definition) is 6. The van der Waals surface area contributed by atoms with E-state index in [4.69, 9.17) is 0 Å². The molecular weight excluding hydrogens is 491 g/mol. The second kappa shape index (κ2) is 11.7. The average Bonchev–Trinajstić information content (AvgIpc) is 2.86. The minimum Gasteiger partial charge on any atom is -0.406 e. The SMILES string of the molecule is O=C(Nc1ccc(OC(F)(F)F)cc1)N[C@@H]1CCCC[C@H]1N[C@H]1CCCN(c2ccc([N+](=O)[O-])cc2)C1. The van der Waals surface area contributed by atoms with Gasteiger partial charge in [-0.3, -0.25) is 10.1 Å². The van der Waals surface area contributed by atoms with E-state index in [1.54, 1.807) is 12.1 Å². The number of carbonyl (C=O) groups is 1. The van der Waals surface area contributed by atoms with Gasteiger partial charge >= 0.3 is 12.4 Å². The third kappa shape index (κ3) is 7.72. The zero-order valence-corrected chi connectivity index (χ0v) is 20.2. The molecule has 1 aliphatic heterocycles. The zero-order valence-electron chi connectivity index (χ0n) is 20.2. The summed E-state index contributed by atoms with van der Waals surface area (Å²) in [5.74, 6) is -0.356. The van der Waals surface area contributed by atoms with Gasteiger partial charge in [0.2, 0.25) is 0 Å². The van der Waals surface area contributed by atoms with Gasteiger partial charge in [0.25, 0.3) is 5.69 Å². The molecule has 12 heteroatoms. The number of nitro groups is 1. The second-order valence-corrected chi connectivity index (χ2v) is 9.39. The lowest BCUT2D eigenvalue weighted by atomic mass is 9.89. The van der Waals surface area contributed by atoms with Crippen LogP contribution in [0.25, 0.3) is 0 Å². The number of anilines is 2. The van der Waals surface area contributed by atoms with Crippen molar-refractivity contribution in [2.75, 3.05) is 23.3 Å². The zero-order chi connectivity index (χ0) is 26.4. The molecule has 0 bridgehead atoms. The summed E-state index contributed by atoms with van der Waals surface area (Å²) in [6.45, 7) is 1.64. The van der Waals surface area contributed by atoms with Gasteiger partial charge in [-0.05, 0) is 62.1 Å². The van der Waals surface area contributed by atoms with Gasteiger partial charge in [0.1, 0.15) is 5.75 Å². The quantitative estimate of drug-likeness (QED) is 0.342. The monoisotopic (exact) mass is 521 g/mol. The van der Waals surface area contributed by atoms with Crippen LogP contribution in [0.15, 0.2) is 48.5 Å². The molecule has 2 aromatic carbocycles. The van der Waals surface area contributed by atoms with Crippen LogP contribution >= 0.6 is 0 Å². The first kappa shape index (κ1) is 26.5. The number of carbonyl (C=O) groups excluding carboxylic acids is 1. The molecule has 1 heterocycles. The number of urea groups is 1. The number of rotatable bonds is 7. The number of nitrogens with one attached hydrogen (secondary N) is 3. The fourth-order valence-corrected chi connectivity index (χ4v) is 5.01. The molecular formula is C25H30F3N5O4. The Morgan fingerprint density at radius 2 is 1.65 bits per heavy atom. The lowest BCUT2D eigenvalue weighted by molar-refractivity contribution is -0.384. The summed E-state index contributed by atoms with van der Waals surface area (Å²) in [7, 11) is 0. The predicted octanol–water partition coefficient (Wildman–Crippen LogP) is 5.18. The van der Waals surface area contributed by atoms with Crippen molar-refractivity contribution in [2.45, 2.75) is 63.0 Å². The van der Waals surface area contributed by atoms with Gasteiger partial charge in [-0.25, -0.2) is 4.79 Å². The molecule has 2 aliphatic rings. The van der Waals surface area contributed by atoms with Crippen molar-refractivity contribution in [1.29, 1.82) is 0 Å². The topological polar surface area (TPSA) is 109 Å². The van der Waals surface area contributed by atoms with E-state index in [-0.39, 0.29) is 29.6 Å². The first-order valence-electron chi connectivity index (χ1n) is 12.3. The number of benzene rings is 2. The Hall–Kier alpha value is -3.54. The van der Waals surface area contributed by atoms with Crippen molar-refractivity contribution >= 4 is 23.1 Å². The highest BCUT2D eigenvalue weighted by Crippen LogP contribution is 2.26. The Balaban J connectivity index is 1.30. The number of nitrogens with zero attached hydrogens (tertiary/aromatic N) is 2. The number of ether oxygens (including phenoxy) is 1. The van der Waals surface area contributed by atoms with Gasteiger partial charge < -0.3 is 25.6 Å². The third-order valence-electron chi connectivity index (χ3n) is 6.73. The van der Waals surface area contributed by atoms with Gasteiger partial charge in [-0.15, -0.1) is 13.2 Å². The molecule has 9 nitrogen and oxygen atoms in total. The van der Waals surface area contributed by atoms with Crippen molar-refractivity contribution in [2.24, 2.45) is 0 Å². The molecule has 2 amide bonds. The first-order valence-corrected chi connectivity index (χ1v) is 12.3. The summed E-state index contributed by atoms with van der Waals surface area (Å²) in [5.41, 5.74) is 1.37. The van der Waals surface area contributed by atoms with E-state index in [0.717, 1.165) is 69.4 Å². The maximum absolute atomic E-state index is 12.6. The van der Waals surface area contributed by atoms with Crippen molar-refractivity contribution < 1.29 is 27.6 Å². The highest BCUT2D eigenvalue weighted by molar-refractivity contribution is 5.89. The van der Waals surface area contributed by atoms with Crippen molar-refractivity contribution in [3.8, 4) is 5.75 Å². The average molecular weight is 522 g/mol. The third-order valence-corrected chi connectivity index (χ3v) is 6.73. The Morgan fingerprint density at radius 1 is 0.973 bits per heavy atom. The number of hydrogen-bond donors (Lipinski definition) is 3. The molecule has 1 aliphatic carbocycles. The summed E-state index contributed by atoms with van der Waals surface area (Å²) in [6, 6.07) is 11.4. The normalized spacial score (nSPS) is 22.2. The Kier molecular flexibility index (Phi) is 8.37. The van der Waals surface area contributed by atoms with Crippen LogP contribution in [0.4, 0.5) is 35.0 Å². The summed E-state index contributed by atoms with van der Waals surface area (Å²) >= 11 is 0. The first-order chi connectivity index (χ1) is 17.7. The van der Waals surface area contributed by atoms with Crippen LogP contribution in [-0.4, -0.2) is 48.5 Å². The molecule has 0 aromatic heterocycles. The molecule has 2 fully saturated rings. The molecule has 0 unspecified atom stereocenters. The van der Waals surface area contributed by atoms with Crippen molar-refractivity contribution in [1.82, 2.24) is 10.6 Å². The van der Waals surface area contributed by atoms with Gasteiger partial charge in [-0.1, -0.05) is 12.8 Å². The Labute approximate surface area is 212 Å². The Bertz CT molecular complexity index is 1070. The summed E-state index contributed by atoms with van der Waals surface area (Å²) in [4.78, 5) is 25.4. The van der Waals surface area contributed by atoms with Gasteiger partial charge in [0.05, 0.1) is 4.92 Å². The molecule has 0 radical (unpaired) electrons. The minimum atomic E-state index is -4.77. The summed E-state index contributed by atoms with van der Waals surface area (Å²) in [6.07, 6.45) is 0.986. The van der Waals surface area contributed by atoms with E-state index in [9.17, 15) is 28.1 Å². The van der Waals surface area contributed by atoms with E-state index < -0.39 is 17.3 Å². The van der Waals surface area contributed by atoms with Crippen LogP contribution in [0.2, 0.25) is 0 Å². The lowest BCUT2D eigenvalue weighted by Crippen LogP contribution is -2.57. The highest BCUT2D eigenvalue weighted by atomic mass is 19.4. The van der Waals surface area contributed by atoms with Crippen LogP contribution in [0.3, 0.4) is 0 Å². The number of non-ortho nitro benzene ring substituents is 1. The van der Waals surface area contributed by atoms with Crippen molar-refractivity contribution in [3.05, 3.63) is 58.6 Å². The van der Waals surface area contributed by atoms with Crippen LogP contribution in [0, 0.1) is 10.1 Å². The fraction of sp³-hybridized carbons (Fsp3) is 0.480. The van der Waals surface area contributed by atoms with E-state index in [2.05, 4.69) is 25.6 Å². The van der Waals surface area contributed by atoms with Gasteiger partial charge in [0.15, 0.2) is 0 Å². The molecule has 3 atom stereocenters. The maximum atomic E-state index is 12.6. The van der Waals surface area contributed by atoms with E-state index in [0.29, 0.717) is 5.69 Å². The molecule has 2 aromatic rings. The van der Waals surface area contributed by atoms with Crippen LogP contribution in [0.1, 0.15) is 38.5 Å². The smallest absolute Gasteiger partial charge is 0.406 e. The van der Waals surface area contributed by atoms with E-state index >= 15 is 0 Å². The molecule has 200 valence electrons. The fourth-order valence-electron chi connectivity index (χ4n) is 5.01. The van der Waals surface area contributed by atoms with Crippen LogP contribution in [-0.2, 0) is 0 Å². The number of amides is 2. The van der Waals surface area contributed by atoms with Crippen molar-refractivity contribution in [3.63, 3.8) is 0 Å². The number of halogens is 3. The molecule has 1 saturated heterocycles. The maximum Gasteiger partial charge on any atom is 0.573 e. The highest BCUT2D eigenvalue weighted by Gasteiger charge is 2.32. The summed E-state index contributed by atoms with van der Waals surface area (Å²) < 4.78 is 40.9. The molecule has 37 heavy (non-hydrogen) atoms. The van der Waals surface area contributed by atoms with Gasteiger partial charge in [0, 0.05) is 54.7 Å². The van der Waals surface area contributed by atoms with Gasteiger partial charge in [-0.2, -0.15) is 0 Å². The molecule has 1 saturated carbocycles. The second-order valence-electron chi connectivity index (χ2n) is 9.39. The van der Waals surface area contributed by atoms with Crippen LogP contribution < -0.4 is 25.6 Å². The van der Waals surface area contributed by atoms with E-state index in [1.165, 1.54) is 24.3 Å². The van der Waals surface area contributed by atoms with E-state index in [1.807, 2.05) is 0 Å². The number of alkyl halides is 3. The minimum absolute atomic E-state index is 0.0652. The number of nitro benzene ring substituents is 1. The number of piperidine rings is 1. The largest absolute Gasteiger partial charge is 0.573 e. The molecule has 0 spiro atoms. The van der Waals surface area contributed by atoms with Crippen LogP contribution in [0.5, 0.6) is 5.75 Å². The molecule has 3 N–H and O–H groups in total. The molecule has 4 rings (SSSR count).